The molecular formula is C10H14N2O6S. The van der Waals surface area contributed by atoms with Crippen LogP contribution < -0.4 is 4.72 Å². The lowest BCUT2D eigenvalue weighted by Gasteiger charge is -2.22. The standard InChI is InChI=1S/C10H14N2O6S/c1-10(2,9(15)18-3)12-19(16,17)6-4-7(8(13)14)11-5-6/h4-5,11-12H,1-3H3,(H,13,14). The highest BCUT2D eigenvalue weighted by molar-refractivity contribution is 7.89. The molecule has 1 rings (SSSR count). The zero-order valence-corrected chi connectivity index (χ0v) is 11.4. The predicted octanol–water partition coefficient (Wildman–Crippen LogP) is -0.0572. The number of rotatable bonds is 5. The lowest BCUT2D eigenvalue weighted by Crippen LogP contribution is -2.50. The molecule has 0 saturated heterocycles. The van der Waals surface area contributed by atoms with Gasteiger partial charge >= 0.3 is 11.9 Å². The first-order valence-corrected chi connectivity index (χ1v) is 6.62. The molecule has 0 radical (unpaired) electrons. The van der Waals surface area contributed by atoms with Crippen LogP contribution in [-0.4, -0.2) is 43.1 Å². The van der Waals surface area contributed by atoms with E-state index in [1.807, 2.05) is 0 Å². The van der Waals surface area contributed by atoms with E-state index in [0.717, 1.165) is 19.4 Å². The summed E-state index contributed by atoms with van der Waals surface area (Å²) in [5, 5.41) is 8.70. The van der Waals surface area contributed by atoms with Gasteiger partial charge in [0.25, 0.3) is 0 Å². The van der Waals surface area contributed by atoms with Crippen LogP contribution in [-0.2, 0) is 19.6 Å². The third-order valence-corrected chi connectivity index (χ3v) is 3.92. The van der Waals surface area contributed by atoms with E-state index in [4.69, 9.17) is 5.11 Å². The van der Waals surface area contributed by atoms with Gasteiger partial charge in [-0.25, -0.2) is 13.2 Å². The maximum Gasteiger partial charge on any atom is 0.352 e. The van der Waals surface area contributed by atoms with Crippen molar-refractivity contribution in [3.05, 3.63) is 18.0 Å². The summed E-state index contributed by atoms with van der Waals surface area (Å²) in [6.07, 6.45) is 1.03. The molecule has 0 aliphatic heterocycles. The van der Waals surface area contributed by atoms with E-state index >= 15 is 0 Å². The number of carbonyl (C=O) groups excluding carboxylic acids is 1. The topological polar surface area (TPSA) is 126 Å². The van der Waals surface area contributed by atoms with Gasteiger partial charge in [0.15, 0.2) is 0 Å². The fourth-order valence-corrected chi connectivity index (χ4v) is 2.70. The van der Waals surface area contributed by atoms with Gasteiger partial charge in [-0.3, -0.25) is 4.79 Å². The van der Waals surface area contributed by atoms with Crippen LogP contribution in [0.1, 0.15) is 24.3 Å². The Labute approximate surface area is 109 Å². The van der Waals surface area contributed by atoms with E-state index < -0.39 is 27.5 Å². The molecule has 1 aromatic heterocycles. The molecule has 0 fully saturated rings. The number of methoxy groups -OCH3 is 1. The summed E-state index contributed by atoms with van der Waals surface area (Å²) in [5.41, 5.74) is -1.73. The Morgan fingerprint density at radius 1 is 1.42 bits per heavy atom. The molecule has 0 spiro atoms. The second kappa shape index (κ2) is 5.02. The molecule has 106 valence electrons. The number of ether oxygens (including phenoxy) is 1. The van der Waals surface area contributed by atoms with Gasteiger partial charge in [0.2, 0.25) is 10.0 Å². The highest BCUT2D eigenvalue weighted by atomic mass is 32.2. The lowest BCUT2D eigenvalue weighted by atomic mass is 10.1. The molecule has 0 aliphatic carbocycles. The Morgan fingerprint density at radius 3 is 2.42 bits per heavy atom. The van der Waals surface area contributed by atoms with Gasteiger partial charge in [-0.05, 0) is 19.9 Å². The van der Waals surface area contributed by atoms with Crippen molar-refractivity contribution in [2.45, 2.75) is 24.3 Å². The Bertz CT molecular complexity index is 601. The van der Waals surface area contributed by atoms with Crippen molar-refractivity contribution < 1.29 is 27.9 Å². The summed E-state index contributed by atoms with van der Waals surface area (Å²) in [6.45, 7) is 2.67. The van der Waals surface area contributed by atoms with Gasteiger partial charge in [0.05, 0.1) is 7.11 Å². The zero-order valence-electron chi connectivity index (χ0n) is 10.6. The third kappa shape index (κ3) is 3.32. The van der Waals surface area contributed by atoms with E-state index in [9.17, 15) is 18.0 Å². The molecule has 0 atom stereocenters. The number of H-pyrrole nitrogens is 1. The normalized spacial score (nSPS) is 12.2. The summed E-state index contributed by atoms with van der Waals surface area (Å²) in [7, 11) is -2.90. The summed E-state index contributed by atoms with van der Waals surface area (Å²) >= 11 is 0. The van der Waals surface area contributed by atoms with Gasteiger partial charge in [-0.15, -0.1) is 0 Å². The van der Waals surface area contributed by atoms with E-state index in [1.165, 1.54) is 13.8 Å². The Morgan fingerprint density at radius 2 is 2.00 bits per heavy atom. The molecule has 0 aromatic carbocycles. The van der Waals surface area contributed by atoms with Crippen molar-refractivity contribution >= 4 is 22.0 Å². The van der Waals surface area contributed by atoms with E-state index in [2.05, 4.69) is 14.4 Å². The number of aromatic amines is 1. The molecule has 0 unspecified atom stereocenters. The molecular weight excluding hydrogens is 276 g/mol. The Kier molecular flexibility index (Phi) is 4.01. The summed E-state index contributed by atoms with van der Waals surface area (Å²) in [5.74, 6) is -2.04. The quantitative estimate of drug-likeness (QED) is 0.652. The largest absolute Gasteiger partial charge is 0.477 e. The smallest absolute Gasteiger partial charge is 0.352 e. The monoisotopic (exact) mass is 290 g/mol. The number of hydrogen-bond acceptors (Lipinski definition) is 5. The van der Waals surface area contributed by atoms with Crippen LogP contribution in [0, 0.1) is 0 Å². The van der Waals surface area contributed by atoms with Crippen molar-refractivity contribution in [3.63, 3.8) is 0 Å². The Balaban J connectivity index is 3.04. The second-order valence-corrected chi connectivity index (χ2v) is 5.96. The maximum absolute atomic E-state index is 12.0. The van der Waals surface area contributed by atoms with Gasteiger partial charge in [-0.1, -0.05) is 0 Å². The second-order valence-electron chi connectivity index (χ2n) is 4.28. The lowest BCUT2D eigenvalue weighted by molar-refractivity contribution is -0.146. The average molecular weight is 290 g/mol. The van der Waals surface area contributed by atoms with Crippen molar-refractivity contribution in [1.29, 1.82) is 0 Å². The number of aromatic nitrogens is 1. The minimum Gasteiger partial charge on any atom is -0.477 e. The Hall–Kier alpha value is -1.87. The fourth-order valence-electron chi connectivity index (χ4n) is 1.34. The third-order valence-electron chi connectivity index (χ3n) is 2.28. The average Bonchev–Trinajstić information content (AvgIpc) is 2.76. The van der Waals surface area contributed by atoms with E-state index in [0.29, 0.717) is 0 Å². The minimum atomic E-state index is -4.03. The van der Waals surface area contributed by atoms with Crippen LogP contribution in [0.25, 0.3) is 0 Å². The number of aromatic carboxylic acids is 1. The van der Waals surface area contributed by atoms with Crippen LogP contribution in [0.3, 0.4) is 0 Å². The van der Waals surface area contributed by atoms with Crippen molar-refractivity contribution in [2.24, 2.45) is 0 Å². The number of sulfonamides is 1. The maximum atomic E-state index is 12.0. The highest BCUT2D eigenvalue weighted by Gasteiger charge is 2.34. The zero-order chi connectivity index (χ0) is 14.8. The van der Waals surface area contributed by atoms with Crippen LogP contribution in [0.4, 0.5) is 0 Å². The van der Waals surface area contributed by atoms with Gasteiger partial charge in [0, 0.05) is 6.20 Å². The van der Waals surface area contributed by atoms with Gasteiger partial charge < -0.3 is 14.8 Å². The number of carbonyl (C=O) groups is 2. The number of esters is 1. The minimum absolute atomic E-state index is 0.267. The molecule has 9 heteroatoms. The summed E-state index contributed by atoms with van der Waals surface area (Å²) in [6, 6.07) is 0.956. The first-order valence-electron chi connectivity index (χ1n) is 5.14. The number of carboxylic acid groups (broad SMARTS) is 1. The molecule has 0 aliphatic rings. The number of nitrogens with one attached hydrogen (secondary N) is 2. The molecule has 1 heterocycles. The SMILES string of the molecule is COC(=O)C(C)(C)NS(=O)(=O)c1c[nH]c(C(=O)O)c1. The van der Waals surface area contributed by atoms with Gasteiger partial charge in [0.1, 0.15) is 16.1 Å². The first-order chi connectivity index (χ1) is 8.60. The van der Waals surface area contributed by atoms with E-state index in [-0.39, 0.29) is 10.6 Å². The summed E-state index contributed by atoms with van der Waals surface area (Å²) in [4.78, 5) is 24.1. The number of carboxylic acids is 1. The van der Waals surface area contributed by atoms with Crippen LogP contribution in [0.15, 0.2) is 17.2 Å². The number of hydrogen-bond donors (Lipinski definition) is 3. The molecule has 19 heavy (non-hydrogen) atoms. The first kappa shape index (κ1) is 15.2. The summed E-state index contributed by atoms with van der Waals surface area (Å²) < 4.78 is 30.6. The molecule has 0 bridgehead atoms. The molecule has 1 aromatic rings. The highest BCUT2D eigenvalue weighted by Crippen LogP contribution is 2.15. The molecule has 8 nitrogen and oxygen atoms in total. The van der Waals surface area contributed by atoms with Crippen molar-refractivity contribution in [2.75, 3.05) is 7.11 Å². The van der Waals surface area contributed by atoms with E-state index in [1.54, 1.807) is 0 Å². The fraction of sp³-hybridized carbons (Fsp3) is 0.400. The van der Waals surface area contributed by atoms with Gasteiger partial charge in [-0.2, -0.15) is 4.72 Å². The van der Waals surface area contributed by atoms with Crippen molar-refractivity contribution in [1.82, 2.24) is 9.71 Å². The van der Waals surface area contributed by atoms with Crippen LogP contribution >= 0.6 is 0 Å². The van der Waals surface area contributed by atoms with Crippen LogP contribution in [0.2, 0.25) is 0 Å². The predicted molar refractivity (Wildman–Crippen MR) is 64.2 cm³/mol. The molecule has 3 N–H and O–H groups in total. The van der Waals surface area contributed by atoms with Crippen molar-refractivity contribution in [3.8, 4) is 0 Å². The van der Waals surface area contributed by atoms with Crippen LogP contribution in [0.5, 0.6) is 0 Å². The molecule has 0 amide bonds. The molecule has 0 saturated carbocycles.